The lowest BCUT2D eigenvalue weighted by atomic mass is 9.89. The minimum Gasteiger partial charge on any atom is -0.497 e. The average molecular weight is 424 g/mol. The summed E-state index contributed by atoms with van der Waals surface area (Å²) >= 11 is 0. The smallest absolute Gasteiger partial charge is 0.327 e. The lowest BCUT2D eigenvalue weighted by Crippen LogP contribution is -2.51. The first-order chi connectivity index (χ1) is 14.9. The van der Waals surface area contributed by atoms with Gasteiger partial charge in [0, 0.05) is 37.2 Å². The Morgan fingerprint density at radius 2 is 1.61 bits per heavy atom. The average Bonchev–Trinajstić information content (AvgIpc) is 2.79. The van der Waals surface area contributed by atoms with Crippen LogP contribution in [0.3, 0.4) is 0 Å². The largest absolute Gasteiger partial charge is 0.497 e. The number of para-hydroxylation sites is 1. The fourth-order valence-corrected chi connectivity index (χ4v) is 3.83. The highest BCUT2D eigenvalue weighted by Gasteiger charge is 2.33. The quantitative estimate of drug-likeness (QED) is 0.396. The van der Waals surface area contributed by atoms with Crippen molar-refractivity contribution in [3.63, 3.8) is 0 Å². The van der Waals surface area contributed by atoms with Crippen molar-refractivity contribution in [3.05, 3.63) is 60.2 Å². The number of Topliss-reactive ketones (excluding diaryl/α,β-unsaturated/α-hetero) is 1. The zero-order chi connectivity index (χ0) is 22.4. The number of benzene rings is 2. The number of rotatable bonds is 6. The van der Waals surface area contributed by atoms with E-state index in [1.807, 2.05) is 18.2 Å². The molecule has 0 spiro atoms. The number of methoxy groups -OCH3 is 1. The first kappa shape index (κ1) is 22.3. The van der Waals surface area contributed by atoms with Gasteiger partial charge >= 0.3 is 12.0 Å². The SMILES string of the molecule is COc1ccc(C(=O)C2CCN(C(=O)N(c3ccccc3)C(C)OC(C)=O)CC2)cc1. The summed E-state index contributed by atoms with van der Waals surface area (Å²) in [6.07, 6.45) is 0.425. The van der Waals surface area contributed by atoms with Crippen molar-refractivity contribution < 1.29 is 23.9 Å². The number of likely N-dealkylation sites (tertiary alicyclic amines) is 1. The molecule has 1 fully saturated rings. The minimum absolute atomic E-state index is 0.0861. The molecule has 0 saturated carbocycles. The van der Waals surface area contributed by atoms with Gasteiger partial charge in [0.25, 0.3) is 0 Å². The van der Waals surface area contributed by atoms with E-state index in [2.05, 4.69) is 0 Å². The molecule has 2 aromatic carbocycles. The van der Waals surface area contributed by atoms with E-state index in [-0.39, 0.29) is 17.7 Å². The summed E-state index contributed by atoms with van der Waals surface area (Å²) in [6, 6.07) is 16.0. The lowest BCUT2D eigenvalue weighted by Gasteiger charge is -2.37. The molecule has 1 aliphatic rings. The molecule has 1 saturated heterocycles. The molecular weight excluding hydrogens is 396 g/mol. The maximum absolute atomic E-state index is 13.3. The molecule has 0 aromatic heterocycles. The number of piperidine rings is 1. The highest BCUT2D eigenvalue weighted by atomic mass is 16.6. The van der Waals surface area contributed by atoms with E-state index in [0.717, 1.165) is 0 Å². The van der Waals surface area contributed by atoms with Gasteiger partial charge in [-0.25, -0.2) is 4.79 Å². The van der Waals surface area contributed by atoms with E-state index in [0.29, 0.717) is 42.9 Å². The van der Waals surface area contributed by atoms with E-state index in [1.165, 1.54) is 11.8 Å². The molecule has 1 unspecified atom stereocenters. The molecule has 0 N–H and O–H groups in total. The monoisotopic (exact) mass is 424 g/mol. The van der Waals surface area contributed by atoms with Crippen LogP contribution in [-0.4, -0.2) is 49.1 Å². The number of urea groups is 1. The summed E-state index contributed by atoms with van der Waals surface area (Å²) in [5.41, 5.74) is 1.30. The Morgan fingerprint density at radius 1 is 1.00 bits per heavy atom. The van der Waals surface area contributed by atoms with Gasteiger partial charge in [0.1, 0.15) is 5.75 Å². The molecule has 1 atom stereocenters. The number of hydrogen-bond donors (Lipinski definition) is 0. The number of carbonyl (C=O) groups is 3. The molecule has 31 heavy (non-hydrogen) atoms. The van der Waals surface area contributed by atoms with Gasteiger partial charge in [0.15, 0.2) is 12.0 Å². The van der Waals surface area contributed by atoms with Crippen LogP contribution in [0.1, 0.15) is 37.0 Å². The molecule has 164 valence electrons. The van der Waals surface area contributed by atoms with Crippen LogP contribution in [0.5, 0.6) is 5.75 Å². The Balaban J connectivity index is 1.68. The maximum Gasteiger partial charge on any atom is 0.327 e. The van der Waals surface area contributed by atoms with Crippen molar-refractivity contribution in [2.24, 2.45) is 5.92 Å². The number of ketones is 1. The third kappa shape index (κ3) is 5.42. The Kier molecular flexibility index (Phi) is 7.28. The van der Waals surface area contributed by atoms with Gasteiger partial charge in [-0.1, -0.05) is 18.2 Å². The van der Waals surface area contributed by atoms with Gasteiger partial charge in [-0.05, 0) is 56.2 Å². The molecule has 0 bridgehead atoms. The molecule has 2 aromatic rings. The molecular formula is C24H28N2O5. The summed E-state index contributed by atoms with van der Waals surface area (Å²) in [7, 11) is 1.59. The van der Waals surface area contributed by atoms with E-state index in [1.54, 1.807) is 55.3 Å². The number of carbonyl (C=O) groups excluding carboxylic acids is 3. The van der Waals surface area contributed by atoms with Crippen LogP contribution in [0.25, 0.3) is 0 Å². The van der Waals surface area contributed by atoms with E-state index in [4.69, 9.17) is 9.47 Å². The van der Waals surface area contributed by atoms with Gasteiger partial charge in [0.05, 0.1) is 7.11 Å². The summed E-state index contributed by atoms with van der Waals surface area (Å²) in [6.45, 7) is 3.91. The molecule has 3 rings (SSSR count). The maximum atomic E-state index is 13.3. The summed E-state index contributed by atoms with van der Waals surface area (Å²) < 4.78 is 10.4. The first-order valence-corrected chi connectivity index (χ1v) is 10.4. The van der Waals surface area contributed by atoms with Crippen LogP contribution in [0, 0.1) is 5.92 Å². The van der Waals surface area contributed by atoms with Crippen LogP contribution in [0.2, 0.25) is 0 Å². The molecule has 0 aliphatic carbocycles. The fraction of sp³-hybridized carbons (Fsp3) is 0.375. The second-order valence-corrected chi connectivity index (χ2v) is 7.55. The van der Waals surface area contributed by atoms with Crippen molar-refractivity contribution in [2.45, 2.75) is 32.9 Å². The Bertz CT molecular complexity index is 905. The Hall–Kier alpha value is -3.35. The van der Waals surface area contributed by atoms with Crippen molar-refractivity contribution >= 4 is 23.5 Å². The number of hydrogen-bond acceptors (Lipinski definition) is 5. The van der Waals surface area contributed by atoms with Crippen LogP contribution in [0.4, 0.5) is 10.5 Å². The van der Waals surface area contributed by atoms with Crippen LogP contribution in [0.15, 0.2) is 54.6 Å². The predicted molar refractivity (Wildman–Crippen MR) is 117 cm³/mol. The second-order valence-electron chi connectivity index (χ2n) is 7.55. The first-order valence-electron chi connectivity index (χ1n) is 10.4. The highest BCUT2D eigenvalue weighted by Crippen LogP contribution is 2.26. The molecule has 1 aliphatic heterocycles. The summed E-state index contributed by atoms with van der Waals surface area (Å²) in [5.74, 6) is 0.210. The topological polar surface area (TPSA) is 76.2 Å². The minimum atomic E-state index is -0.744. The molecule has 1 heterocycles. The number of nitrogens with zero attached hydrogens (tertiary/aromatic N) is 2. The number of anilines is 1. The van der Waals surface area contributed by atoms with Gasteiger partial charge in [-0.3, -0.25) is 14.5 Å². The molecule has 7 heteroatoms. The standard InChI is InChI=1S/C24H28N2O5/c1-17(31-18(2)27)26(21-7-5-4-6-8-21)24(29)25-15-13-20(14-16-25)23(28)19-9-11-22(30-3)12-10-19/h4-12,17,20H,13-16H2,1-3H3. The Labute approximate surface area is 182 Å². The summed E-state index contributed by atoms with van der Waals surface area (Å²) in [4.78, 5) is 40.8. The molecule has 7 nitrogen and oxygen atoms in total. The van der Waals surface area contributed by atoms with Crippen molar-refractivity contribution in [3.8, 4) is 5.75 Å². The second kappa shape index (κ2) is 10.1. The summed E-state index contributed by atoms with van der Waals surface area (Å²) in [5, 5.41) is 0. The van der Waals surface area contributed by atoms with Crippen molar-refractivity contribution in [2.75, 3.05) is 25.1 Å². The van der Waals surface area contributed by atoms with Gasteiger partial charge < -0.3 is 14.4 Å². The number of ether oxygens (including phenoxy) is 2. The number of esters is 1. The predicted octanol–water partition coefficient (Wildman–Crippen LogP) is 4.13. The normalized spacial score (nSPS) is 15.1. The van der Waals surface area contributed by atoms with E-state index < -0.39 is 12.2 Å². The molecule has 0 radical (unpaired) electrons. The third-order valence-electron chi connectivity index (χ3n) is 5.45. The molecule has 2 amide bonds. The van der Waals surface area contributed by atoms with Crippen LogP contribution in [-0.2, 0) is 9.53 Å². The fourth-order valence-electron chi connectivity index (χ4n) is 3.83. The van der Waals surface area contributed by atoms with Gasteiger partial charge in [-0.2, -0.15) is 0 Å². The van der Waals surface area contributed by atoms with Crippen molar-refractivity contribution in [1.82, 2.24) is 4.90 Å². The Morgan fingerprint density at radius 3 is 2.16 bits per heavy atom. The zero-order valence-corrected chi connectivity index (χ0v) is 18.1. The third-order valence-corrected chi connectivity index (χ3v) is 5.45. The van der Waals surface area contributed by atoms with Crippen LogP contribution < -0.4 is 9.64 Å². The lowest BCUT2D eigenvalue weighted by molar-refractivity contribution is -0.145. The van der Waals surface area contributed by atoms with Crippen molar-refractivity contribution in [1.29, 1.82) is 0 Å². The van der Waals surface area contributed by atoms with E-state index in [9.17, 15) is 14.4 Å². The highest BCUT2D eigenvalue weighted by molar-refractivity contribution is 5.98. The number of amides is 2. The van der Waals surface area contributed by atoms with Crippen LogP contribution >= 0.6 is 0 Å². The van der Waals surface area contributed by atoms with E-state index >= 15 is 0 Å². The zero-order valence-electron chi connectivity index (χ0n) is 18.1. The van der Waals surface area contributed by atoms with Gasteiger partial charge in [0.2, 0.25) is 0 Å². The van der Waals surface area contributed by atoms with Gasteiger partial charge in [-0.15, -0.1) is 0 Å².